The molecule has 0 amide bonds. The molecule has 0 atom stereocenters. The minimum absolute atomic E-state index is 0.462. The minimum Gasteiger partial charge on any atom is -0.353 e. The van der Waals surface area contributed by atoms with Gasteiger partial charge in [-0.2, -0.15) is 5.10 Å². The van der Waals surface area contributed by atoms with Gasteiger partial charge in [0.15, 0.2) is 5.82 Å². The highest BCUT2D eigenvalue weighted by Crippen LogP contribution is 2.27. The number of aryl methyl sites for hydroxylation is 3. The number of fused-ring (bicyclic) bond motifs is 1. The fourth-order valence-corrected chi connectivity index (χ4v) is 3.19. The molecule has 6 heteroatoms. The van der Waals surface area contributed by atoms with Gasteiger partial charge in [0.2, 0.25) is 0 Å². The van der Waals surface area contributed by atoms with Crippen LogP contribution in [0.1, 0.15) is 23.5 Å². The maximum atomic E-state index is 4.49. The molecule has 2 aromatic rings. The molecular weight excluding hydrogens is 276 g/mol. The summed E-state index contributed by atoms with van der Waals surface area (Å²) in [6.45, 7) is 3.85. The zero-order valence-electron chi connectivity index (χ0n) is 13.0. The van der Waals surface area contributed by atoms with E-state index >= 15 is 0 Å². The molecule has 2 aromatic heterocycles. The largest absolute Gasteiger partial charge is 0.353 e. The van der Waals surface area contributed by atoms with E-state index in [-0.39, 0.29) is 0 Å². The van der Waals surface area contributed by atoms with Crippen molar-refractivity contribution in [3.05, 3.63) is 35.4 Å². The van der Waals surface area contributed by atoms with Crippen molar-refractivity contribution in [3.63, 3.8) is 0 Å². The molecular formula is C16H20N6. The molecule has 6 nitrogen and oxygen atoms in total. The minimum atomic E-state index is 0.462. The van der Waals surface area contributed by atoms with Crippen LogP contribution in [0.15, 0.2) is 18.3 Å². The fourth-order valence-electron chi connectivity index (χ4n) is 3.19. The molecule has 0 radical (unpaired) electrons. The van der Waals surface area contributed by atoms with E-state index < -0.39 is 0 Å². The molecule has 2 aliphatic rings. The predicted molar refractivity (Wildman–Crippen MR) is 85.2 cm³/mol. The van der Waals surface area contributed by atoms with Crippen molar-refractivity contribution in [2.45, 2.75) is 32.2 Å². The first kappa shape index (κ1) is 13.4. The van der Waals surface area contributed by atoms with Crippen LogP contribution in [-0.2, 0) is 12.8 Å². The van der Waals surface area contributed by atoms with E-state index in [4.69, 9.17) is 0 Å². The van der Waals surface area contributed by atoms with Gasteiger partial charge in [0, 0.05) is 26.3 Å². The highest BCUT2D eigenvalue weighted by molar-refractivity contribution is 5.49. The number of nitrogens with zero attached hydrogens (tertiary/aromatic N) is 6. The third-order valence-electron chi connectivity index (χ3n) is 4.66. The Hall–Kier alpha value is -2.24. The molecule has 1 fully saturated rings. The molecule has 1 aliphatic heterocycles. The quantitative estimate of drug-likeness (QED) is 0.853. The van der Waals surface area contributed by atoms with Crippen LogP contribution < -0.4 is 9.80 Å². The van der Waals surface area contributed by atoms with E-state index in [1.165, 1.54) is 17.7 Å². The summed E-state index contributed by atoms with van der Waals surface area (Å²) in [5.41, 5.74) is 2.57. The Bertz CT molecular complexity index is 695. The molecule has 1 saturated heterocycles. The first-order valence-corrected chi connectivity index (χ1v) is 7.83. The van der Waals surface area contributed by atoms with Crippen molar-refractivity contribution in [3.8, 4) is 0 Å². The molecule has 0 saturated carbocycles. The summed E-state index contributed by atoms with van der Waals surface area (Å²) in [6.07, 6.45) is 5.26. The van der Waals surface area contributed by atoms with Crippen molar-refractivity contribution in [1.29, 1.82) is 0 Å². The van der Waals surface area contributed by atoms with Crippen molar-refractivity contribution < 1.29 is 0 Å². The van der Waals surface area contributed by atoms with Crippen LogP contribution in [-0.4, -0.2) is 46.3 Å². The Kier molecular flexibility index (Phi) is 3.17. The zero-order chi connectivity index (χ0) is 15.1. The van der Waals surface area contributed by atoms with Crippen molar-refractivity contribution >= 4 is 11.6 Å². The number of likely N-dealkylation sites (N-methyl/N-ethyl adjacent to an activating group) is 1. The molecule has 4 rings (SSSR count). The second-order valence-electron chi connectivity index (χ2n) is 6.16. The van der Waals surface area contributed by atoms with Gasteiger partial charge in [0.25, 0.3) is 0 Å². The second-order valence-corrected chi connectivity index (χ2v) is 6.16. The van der Waals surface area contributed by atoms with E-state index in [1.54, 1.807) is 0 Å². The Balaban J connectivity index is 1.43. The Labute approximate surface area is 130 Å². The fraction of sp³-hybridized carbons (Fsp3) is 0.500. The van der Waals surface area contributed by atoms with Crippen LogP contribution >= 0.6 is 0 Å². The lowest BCUT2D eigenvalue weighted by Crippen LogP contribution is -2.59. The average Bonchev–Trinajstić information content (AvgIpc) is 2.93. The van der Waals surface area contributed by atoms with Gasteiger partial charge in [0.1, 0.15) is 11.6 Å². The van der Waals surface area contributed by atoms with Gasteiger partial charge in [-0.3, -0.25) is 0 Å². The van der Waals surface area contributed by atoms with E-state index in [0.29, 0.717) is 6.04 Å². The van der Waals surface area contributed by atoms with E-state index in [2.05, 4.69) is 43.1 Å². The first-order valence-electron chi connectivity index (χ1n) is 7.83. The van der Waals surface area contributed by atoms with Crippen LogP contribution in [0.3, 0.4) is 0 Å². The Morgan fingerprint density at radius 3 is 2.91 bits per heavy atom. The second kappa shape index (κ2) is 5.19. The topological polar surface area (TPSA) is 58.0 Å². The summed E-state index contributed by atoms with van der Waals surface area (Å²) in [4.78, 5) is 13.2. The Morgan fingerprint density at radius 1 is 1.23 bits per heavy atom. The number of rotatable bonds is 3. The molecule has 0 aromatic carbocycles. The van der Waals surface area contributed by atoms with Crippen LogP contribution in [0, 0.1) is 6.92 Å². The Morgan fingerprint density at radius 2 is 2.09 bits per heavy atom. The van der Waals surface area contributed by atoms with E-state index in [1.807, 2.05) is 19.2 Å². The maximum absolute atomic E-state index is 4.49. The van der Waals surface area contributed by atoms with Gasteiger partial charge in [-0.05, 0) is 43.9 Å². The summed E-state index contributed by atoms with van der Waals surface area (Å²) in [5, 5.41) is 8.76. The van der Waals surface area contributed by atoms with Gasteiger partial charge in [-0.15, -0.1) is 5.10 Å². The van der Waals surface area contributed by atoms with E-state index in [0.717, 1.165) is 43.4 Å². The molecule has 22 heavy (non-hydrogen) atoms. The van der Waals surface area contributed by atoms with E-state index in [9.17, 15) is 0 Å². The van der Waals surface area contributed by atoms with Crippen molar-refractivity contribution in [2.75, 3.05) is 29.9 Å². The highest BCUT2D eigenvalue weighted by Gasteiger charge is 2.32. The molecule has 3 heterocycles. The highest BCUT2D eigenvalue weighted by atomic mass is 15.4. The normalized spacial score (nSPS) is 17.3. The third kappa shape index (κ3) is 2.28. The SMILES string of the molecule is Cc1nccc(N(C)C2CN(c3cc4c(nn3)CCC4)C2)n1. The first-order chi connectivity index (χ1) is 10.7. The molecule has 1 aliphatic carbocycles. The van der Waals surface area contributed by atoms with Crippen molar-refractivity contribution in [2.24, 2.45) is 0 Å². The van der Waals surface area contributed by atoms with Crippen LogP contribution in [0.2, 0.25) is 0 Å². The number of hydrogen-bond donors (Lipinski definition) is 0. The standard InChI is InChI=1S/C16H20N6/c1-11-17-7-6-15(18-11)21(2)13-9-22(10-13)16-8-12-4-3-5-14(12)19-20-16/h6-8,13H,3-5,9-10H2,1-2H3. The summed E-state index contributed by atoms with van der Waals surface area (Å²) >= 11 is 0. The molecule has 0 bridgehead atoms. The van der Waals surface area contributed by atoms with Gasteiger partial charge >= 0.3 is 0 Å². The summed E-state index contributed by atoms with van der Waals surface area (Å²) in [7, 11) is 2.10. The van der Waals surface area contributed by atoms with Gasteiger partial charge < -0.3 is 9.80 Å². The monoisotopic (exact) mass is 296 g/mol. The third-order valence-corrected chi connectivity index (χ3v) is 4.66. The van der Waals surface area contributed by atoms with Crippen LogP contribution in [0.25, 0.3) is 0 Å². The number of aromatic nitrogens is 4. The summed E-state index contributed by atoms with van der Waals surface area (Å²) in [5.74, 6) is 2.81. The van der Waals surface area contributed by atoms with Crippen molar-refractivity contribution in [1.82, 2.24) is 20.2 Å². The number of anilines is 2. The molecule has 0 spiro atoms. The molecule has 0 N–H and O–H groups in total. The number of hydrogen-bond acceptors (Lipinski definition) is 6. The lowest BCUT2D eigenvalue weighted by atomic mass is 10.1. The van der Waals surface area contributed by atoms with Crippen LogP contribution in [0.4, 0.5) is 11.6 Å². The lowest BCUT2D eigenvalue weighted by Gasteiger charge is -2.44. The average molecular weight is 296 g/mol. The zero-order valence-corrected chi connectivity index (χ0v) is 13.0. The summed E-state index contributed by atoms with van der Waals surface area (Å²) < 4.78 is 0. The van der Waals surface area contributed by atoms with Gasteiger partial charge in [0.05, 0.1) is 11.7 Å². The summed E-state index contributed by atoms with van der Waals surface area (Å²) in [6, 6.07) is 4.65. The molecule has 114 valence electrons. The van der Waals surface area contributed by atoms with Gasteiger partial charge in [-0.1, -0.05) is 0 Å². The van der Waals surface area contributed by atoms with Gasteiger partial charge in [-0.25, -0.2) is 9.97 Å². The molecule has 0 unspecified atom stereocenters. The van der Waals surface area contributed by atoms with Crippen LogP contribution in [0.5, 0.6) is 0 Å². The smallest absolute Gasteiger partial charge is 0.151 e. The maximum Gasteiger partial charge on any atom is 0.151 e. The lowest BCUT2D eigenvalue weighted by molar-refractivity contribution is 0.487. The predicted octanol–water partition coefficient (Wildman–Crippen LogP) is 1.39.